The van der Waals surface area contributed by atoms with Crippen molar-refractivity contribution in [3.05, 3.63) is 28.6 Å². The van der Waals surface area contributed by atoms with Gasteiger partial charge in [0.05, 0.1) is 11.1 Å². The fourth-order valence-electron chi connectivity index (χ4n) is 4.67. The zero-order valence-electron chi connectivity index (χ0n) is 14.9. The molecule has 1 aromatic carbocycles. The zero-order valence-corrected chi connectivity index (χ0v) is 14.9. The van der Waals surface area contributed by atoms with Crippen LogP contribution in [0.5, 0.6) is 0 Å². The average molecular weight is 408 g/mol. The van der Waals surface area contributed by atoms with Crippen molar-refractivity contribution in [3.63, 3.8) is 0 Å². The minimum absolute atomic E-state index is 0.140. The van der Waals surface area contributed by atoms with Crippen molar-refractivity contribution in [2.75, 3.05) is 18.0 Å². The first kappa shape index (κ1) is 18.1. The first-order chi connectivity index (χ1) is 13.8. The van der Waals surface area contributed by atoms with E-state index in [1.807, 2.05) is 5.32 Å². The summed E-state index contributed by atoms with van der Waals surface area (Å²) >= 11 is 0. The van der Waals surface area contributed by atoms with Crippen molar-refractivity contribution >= 4 is 29.3 Å². The maximum Gasteiger partial charge on any atom is 0.265 e. The lowest BCUT2D eigenvalue weighted by Gasteiger charge is -2.54. The van der Waals surface area contributed by atoms with Crippen molar-refractivity contribution in [3.8, 4) is 0 Å². The van der Waals surface area contributed by atoms with E-state index in [2.05, 4.69) is 5.32 Å². The summed E-state index contributed by atoms with van der Waals surface area (Å²) in [5.41, 5.74) is -2.54. The summed E-state index contributed by atoms with van der Waals surface area (Å²) < 4.78 is 44.9. The van der Waals surface area contributed by atoms with Crippen molar-refractivity contribution < 1.29 is 32.3 Å². The van der Waals surface area contributed by atoms with Crippen LogP contribution in [0.2, 0.25) is 0 Å². The number of amides is 4. The lowest BCUT2D eigenvalue weighted by molar-refractivity contribution is -0.136. The Bertz CT molecular complexity index is 1000. The average Bonchev–Trinajstić information content (AvgIpc) is 2.95. The first-order valence-electron chi connectivity index (χ1n) is 9.22. The van der Waals surface area contributed by atoms with E-state index in [0.717, 1.165) is 0 Å². The molecule has 2 N–H and O–H groups in total. The minimum Gasteiger partial charge on any atom is -0.358 e. The molecule has 0 aliphatic carbocycles. The van der Waals surface area contributed by atoms with E-state index in [0.29, 0.717) is 24.4 Å². The molecule has 152 valence electrons. The summed E-state index contributed by atoms with van der Waals surface area (Å²) in [6.07, 6.45) is 0.370. The van der Waals surface area contributed by atoms with Gasteiger partial charge in [-0.25, -0.2) is 13.2 Å². The van der Waals surface area contributed by atoms with Gasteiger partial charge in [0.1, 0.15) is 11.7 Å². The van der Waals surface area contributed by atoms with Crippen LogP contribution in [-0.2, 0) is 9.59 Å². The number of imide groups is 2. The Morgan fingerprint density at radius 1 is 0.862 bits per heavy atom. The Kier molecular flexibility index (Phi) is 3.76. The largest absolute Gasteiger partial charge is 0.358 e. The van der Waals surface area contributed by atoms with Crippen LogP contribution in [0.25, 0.3) is 0 Å². The van der Waals surface area contributed by atoms with Gasteiger partial charge < -0.3 is 10.2 Å². The molecule has 0 radical (unpaired) electrons. The first-order valence-corrected chi connectivity index (χ1v) is 9.22. The number of rotatable bonds is 2. The van der Waals surface area contributed by atoms with Gasteiger partial charge in [-0.3, -0.25) is 29.4 Å². The fourth-order valence-corrected chi connectivity index (χ4v) is 4.67. The van der Waals surface area contributed by atoms with Crippen LogP contribution >= 0.6 is 0 Å². The topological polar surface area (TPSA) is 98.8 Å². The number of piperazine rings is 1. The summed E-state index contributed by atoms with van der Waals surface area (Å²) in [6, 6.07) is -1.87. The Morgan fingerprint density at radius 3 is 2.07 bits per heavy atom. The van der Waals surface area contributed by atoms with Gasteiger partial charge in [-0.2, -0.15) is 0 Å². The summed E-state index contributed by atoms with van der Waals surface area (Å²) in [5, 5.41) is 5.07. The number of piperidine rings is 2. The summed E-state index contributed by atoms with van der Waals surface area (Å²) in [7, 11) is 0. The minimum atomic E-state index is -1.61. The molecule has 3 atom stereocenters. The van der Waals surface area contributed by atoms with Crippen LogP contribution in [0.3, 0.4) is 0 Å². The van der Waals surface area contributed by atoms with Gasteiger partial charge in [-0.15, -0.1) is 0 Å². The molecule has 3 unspecified atom stereocenters. The molecule has 2 bridgehead atoms. The predicted molar refractivity (Wildman–Crippen MR) is 90.5 cm³/mol. The Hall–Kier alpha value is -2.95. The molecule has 11 heteroatoms. The second-order valence-electron chi connectivity index (χ2n) is 7.60. The van der Waals surface area contributed by atoms with E-state index >= 15 is 4.39 Å². The SMILES string of the molecule is O=C1CCC(N2C(=O)c3c(F)c(F)c(N4C5CNCC4C5)c(F)c3C2=O)C(=O)N1. The summed E-state index contributed by atoms with van der Waals surface area (Å²) in [4.78, 5) is 50.7. The van der Waals surface area contributed by atoms with Gasteiger partial charge in [-0.1, -0.05) is 0 Å². The molecule has 0 spiro atoms. The lowest BCUT2D eigenvalue weighted by Crippen LogP contribution is -2.68. The highest BCUT2D eigenvalue weighted by atomic mass is 19.2. The number of hydrogen-bond donors (Lipinski definition) is 2. The number of benzene rings is 1. The second kappa shape index (κ2) is 6.02. The molecule has 3 saturated heterocycles. The monoisotopic (exact) mass is 408 g/mol. The third-order valence-electron chi connectivity index (χ3n) is 6.03. The van der Waals surface area contributed by atoms with Crippen molar-refractivity contribution in [2.24, 2.45) is 0 Å². The third-order valence-corrected chi connectivity index (χ3v) is 6.03. The van der Waals surface area contributed by atoms with Crippen LogP contribution in [0, 0.1) is 17.5 Å². The summed E-state index contributed by atoms with van der Waals surface area (Å²) in [6.45, 7) is 0.923. The van der Waals surface area contributed by atoms with Crippen molar-refractivity contribution in [1.82, 2.24) is 15.5 Å². The quantitative estimate of drug-likeness (QED) is 0.530. The molecule has 4 amide bonds. The Balaban J connectivity index is 1.60. The smallest absolute Gasteiger partial charge is 0.265 e. The van der Waals surface area contributed by atoms with E-state index < -0.39 is 63.9 Å². The molecular formula is C18H15F3N4O4. The Labute approximate surface area is 162 Å². The van der Waals surface area contributed by atoms with Crippen LogP contribution in [-0.4, -0.2) is 59.7 Å². The van der Waals surface area contributed by atoms with Gasteiger partial charge in [-0.05, 0) is 12.8 Å². The maximum atomic E-state index is 15.3. The maximum absolute atomic E-state index is 15.3. The highest BCUT2D eigenvalue weighted by molar-refractivity contribution is 6.24. The molecule has 0 aromatic heterocycles. The third kappa shape index (κ3) is 2.30. The highest BCUT2D eigenvalue weighted by Gasteiger charge is 2.51. The molecule has 5 rings (SSSR count). The second-order valence-corrected chi connectivity index (χ2v) is 7.60. The van der Waals surface area contributed by atoms with Gasteiger partial charge >= 0.3 is 0 Å². The molecule has 29 heavy (non-hydrogen) atoms. The zero-order chi connectivity index (χ0) is 20.6. The number of fused-ring (bicyclic) bond motifs is 3. The van der Waals surface area contributed by atoms with Crippen LogP contribution < -0.4 is 15.5 Å². The van der Waals surface area contributed by atoms with Gasteiger partial charge in [0.15, 0.2) is 17.5 Å². The Morgan fingerprint density at radius 2 is 1.48 bits per heavy atom. The number of carbonyl (C=O) groups excluding carboxylic acids is 4. The number of anilines is 1. The number of hydrogen-bond acceptors (Lipinski definition) is 6. The molecule has 4 heterocycles. The number of carbonyl (C=O) groups is 4. The molecule has 4 aliphatic heterocycles. The molecule has 4 aliphatic rings. The molecule has 0 saturated carbocycles. The molecular weight excluding hydrogens is 393 g/mol. The van der Waals surface area contributed by atoms with Crippen molar-refractivity contribution in [2.45, 2.75) is 37.4 Å². The fraction of sp³-hybridized carbons (Fsp3) is 0.444. The van der Waals surface area contributed by atoms with Gasteiger partial charge in [0.2, 0.25) is 11.8 Å². The van der Waals surface area contributed by atoms with E-state index in [-0.39, 0.29) is 24.9 Å². The molecule has 3 fully saturated rings. The standard InChI is InChI=1S/C18H15F3N4O4/c19-12-10-11(13(20)15(14(12)21)24-6-3-7(24)5-22-4-6)18(29)25(17(10)28)8-1-2-9(26)23-16(8)27/h6-8,22H,1-5H2,(H,23,26,27). The summed E-state index contributed by atoms with van der Waals surface area (Å²) in [5.74, 6) is -8.42. The van der Waals surface area contributed by atoms with E-state index in [1.54, 1.807) is 0 Å². The lowest BCUT2D eigenvalue weighted by atomic mass is 9.87. The van der Waals surface area contributed by atoms with E-state index in [9.17, 15) is 28.0 Å². The normalized spacial score (nSPS) is 28.4. The van der Waals surface area contributed by atoms with Crippen LogP contribution in [0.4, 0.5) is 18.9 Å². The van der Waals surface area contributed by atoms with Crippen LogP contribution in [0.1, 0.15) is 40.0 Å². The van der Waals surface area contributed by atoms with Crippen molar-refractivity contribution in [1.29, 1.82) is 0 Å². The number of halogens is 3. The van der Waals surface area contributed by atoms with Crippen LogP contribution in [0.15, 0.2) is 0 Å². The van der Waals surface area contributed by atoms with Gasteiger partial charge in [0.25, 0.3) is 11.8 Å². The van der Waals surface area contributed by atoms with E-state index in [4.69, 9.17) is 0 Å². The van der Waals surface area contributed by atoms with E-state index in [1.165, 1.54) is 4.90 Å². The molecule has 1 aromatic rings. The van der Waals surface area contributed by atoms with Gasteiger partial charge in [0, 0.05) is 31.6 Å². The highest BCUT2D eigenvalue weighted by Crippen LogP contribution is 2.43. The number of nitrogens with zero attached hydrogens (tertiary/aromatic N) is 2. The predicted octanol–water partition coefficient (Wildman–Crippen LogP) is 0.0556. The molecule has 8 nitrogen and oxygen atoms in total. The number of nitrogens with one attached hydrogen (secondary N) is 2.